The van der Waals surface area contributed by atoms with Crippen LogP contribution in [0.1, 0.15) is 15.9 Å². The number of nitrogens with one attached hydrogen (secondary N) is 2. The largest absolute Gasteiger partial charge is 0.327 e. The SMILES string of the molecule is N#Cc1ccc(NC(=O)c2c[nH]c(=O)c(Cl)c2)cc1. The number of H-pyrrole nitrogens is 1. The summed E-state index contributed by atoms with van der Waals surface area (Å²) in [6, 6.07) is 9.69. The number of aromatic nitrogens is 1. The molecule has 0 atom stereocenters. The number of aromatic amines is 1. The number of rotatable bonds is 2. The van der Waals surface area contributed by atoms with E-state index in [0.717, 1.165) is 0 Å². The summed E-state index contributed by atoms with van der Waals surface area (Å²) in [6.07, 6.45) is 1.28. The maximum atomic E-state index is 11.9. The summed E-state index contributed by atoms with van der Waals surface area (Å²) in [4.78, 5) is 25.3. The molecule has 0 aliphatic rings. The second-order valence-electron chi connectivity index (χ2n) is 3.71. The molecule has 2 N–H and O–H groups in total. The van der Waals surface area contributed by atoms with Crippen molar-refractivity contribution in [2.45, 2.75) is 0 Å². The molecule has 2 aromatic rings. The van der Waals surface area contributed by atoms with Crippen LogP contribution in [0.2, 0.25) is 5.02 Å². The van der Waals surface area contributed by atoms with Crippen LogP contribution < -0.4 is 10.9 Å². The van der Waals surface area contributed by atoms with Gasteiger partial charge in [-0.25, -0.2) is 0 Å². The Bertz CT molecular complexity index is 714. The van der Waals surface area contributed by atoms with Gasteiger partial charge in [-0.2, -0.15) is 5.26 Å². The molecule has 1 aromatic heterocycles. The molecule has 0 saturated carbocycles. The van der Waals surface area contributed by atoms with Gasteiger partial charge >= 0.3 is 0 Å². The summed E-state index contributed by atoms with van der Waals surface area (Å²) in [5.74, 6) is -0.400. The Morgan fingerprint density at radius 3 is 2.58 bits per heavy atom. The first-order valence-corrected chi connectivity index (χ1v) is 5.67. The highest BCUT2D eigenvalue weighted by Crippen LogP contribution is 2.11. The van der Waals surface area contributed by atoms with E-state index in [1.807, 2.05) is 6.07 Å². The molecule has 0 spiro atoms. The van der Waals surface area contributed by atoms with E-state index in [4.69, 9.17) is 16.9 Å². The van der Waals surface area contributed by atoms with Crippen LogP contribution in [0.5, 0.6) is 0 Å². The van der Waals surface area contributed by atoms with Crippen molar-refractivity contribution in [1.82, 2.24) is 4.98 Å². The highest BCUT2D eigenvalue weighted by atomic mass is 35.5. The van der Waals surface area contributed by atoms with E-state index in [1.165, 1.54) is 12.3 Å². The summed E-state index contributed by atoms with van der Waals surface area (Å²) < 4.78 is 0. The molecule has 6 heteroatoms. The van der Waals surface area contributed by atoms with Crippen molar-refractivity contribution in [3.63, 3.8) is 0 Å². The summed E-state index contributed by atoms with van der Waals surface area (Å²) in [5, 5.41) is 11.2. The van der Waals surface area contributed by atoms with Crippen molar-refractivity contribution in [2.75, 3.05) is 5.32 Å². The van der Waals surface area contributed by atoms with Crippen molar-refractivity contribution < 1.29 is 4.79 Å². The average molecular weight is 274 g/mol. The number of carbonyl (C=O) groups excluding carboxylic acids is 1. The van der Waals surface area contributed by atoms with Crippen LogP contribution in [0.25, 0.3) is 0 Å². The lowest BCUT2D eigenvalue weighted by Gasteiger charge is -2.05. The number of hydrogen-bond acceptors (Lipinski definition) is 3. The van der Waals surface area contributed by atoms with Gasteiger partial charge in [-0.15, -0.1) is 0 Å². The number of hydrogen-bond donors (Lipinski definition) is 2. The van der Waals surface area contributed by atoms with Crippen molar-refractivity contribution in [2.24, 2.45) is 0 Å². The number of amides is 1. The van der Waals surface area contributed by atoms with Gasteiger partial charge in [0.15, 0.2) is 0 Å². The zero-order valence-electron chi connectivity index (χ0n) is 9.61. The molecule has 0 aliphatic carbocycles. The number of halogens is 1. The zero-order chi connectivity index (χ0) is 13.8. The molecule has 0 bridgehead atoms. The number of anilines is 1. The monoisotopic (exact) mass is 273 g/mol. The molecule has 0 saturated heterocycles. The maximum absolute atomic E-state index is 11.9. The van der Waals surface area contributed by atoms with Gasteiger partial charge in [0.05, 0.1) is 17.2 Å². The Morgan fingerprint density at radius 1 is 1.32 bits per heavy atom. The van der Waals surface area contributed by atoms with Crippen molar-refractivity contribution in [3.8, 4) is 6.07 Å². The van der Waals surface area contributed by atoms with Gasteiger partial charge in [-0.1, -0.05) is 11.6 Å². The van der Waals surface area contributed by atoms with Crippen LogP contribution in [0, 0.1) is 11.3 Å². The number of benzene rings is 1. The first-order valence-electron chi connectivity index (χ1n) is 5.30. The smallest absolute Gasteiger partial charge is 0.266 e. The number of nitriles is 1. The van der Waals surface area contributed by atoms with E-state index < -0.39 is 11.5 Å². The summed E-state index contributed by atoms with van der Waals surface area (Å²) >= 11 is 5.64. The number of carbonyl (C=O) groups is 1. The van der Waals surface area contributed by atoms with Crippen LogP contribution in [0.4, 0.5) is 5.69 Å². The van der Waals surface area contributed by atoms with Gasteiger partial charge in [0.2, 0.25) is 0 Å². The Kier molecular flexibility index (Phi) is 3.64. The second-order valence-corrected chi connectivity index (χ2v) is 4.12. The molecule has 19 heavy (non-hydrogen) atoms. The molecule has 0 unspecified atom stereocenters. The normalized spacial score (nSPS) is 9.68. The Morgan fingerprint density at radius 2 is 2.00 bits per heavy atom. The van der Waals surface area contributed by atoms with E-state index in [0.29, 0.717) is 11.3 Å². The molecule has 0 aliphatic heterocycles. The molecular weight excluding hydrogens is 266 g/mol. The third-order valence-corrected chi connectivity index (χ3v) is 2.67. The first-order chi connectivity index (χ1) is 9.10. The van der Waals surface area contributed by atoms with Crippen LogP contribution in [-0.4, -0.2) is 10.9 Å². The van der Waals surface area contributed by atoms with E-state index in [2.05, 4.69) is 10.3 Å². The van der Waals surface area contributed by atoms with Gasteiger partial charge in [0, 0.05) is 11.9 Å². The van der Waals surface area contributed by atoms with Crippen molar-refractivity contribution in [3.05, 3.63) is 63.0 Å². The topological polar surface area (TPSA) is 85.8 Å². The van der Waals surface area contributed by atoms with Gasteiger partial charge < -0.3 is 10.3 Å². The number of nitrogens with zero attached hydrogens (tertiary/aromatic N) is 1. The van der Waals surface area contributed by atoms with E-state index in [1.54, 1.807) is 24.3 Å². The minimum atomic E-state index is -0.448. The minimum absolute atomic E-state index is 0.0486. The molecular formula is C13H8ClN3O2. The molecule has 2 rings (SSSR count). The van der Waals surface area contributed by atoms with Gasteiger partial charge in [-0.3, -0.25) is 9.59 Å². The van der Waals surface area contributed by atoms with E-state index >= 15 is 0 Å². The summed E-state index contributed by atoms with van der Waals surface area (Å²) in [6.45, 7) is 0. The third-order valence-electron chi connectivity index (χ3n) is 2.39. The second kappa shape index (κ2) is 5.38. The van der Waals surface area contributed by atoms with Gasteiger partial charge in [0.25, 0.3) is 11.5 Å². The van der Waals surface area contributed by atoms with Crippen LogP contribution >= 0.6 is 11.6 Å². The van der Waals surface area contributed by atoms with Crippen molar-refractivity contribution >= 4 is 23.2 Å². The number of pyridine rings is 1. The fraction of sp³-hybridized carbons (Fsp3) is 0. The predicted molar refractivity (Wildman–Crippen MR) is 71.2 cm³/mol. The molecule has 1 aromatic carbocycles. The lowest BCUT2D eigenvalue weighted by molar-refractivity contribution is 0.102. The van der Waals surface area contributed by atoms with Crippen LogP contribution in [0.3, 0.4) is 0 Å². The average Bonchev–Trinajstić information content (AvgIpc) is 2.42. The molecule has 94 valence electrons. The predicted octanol–water partition coefficient (Wildman–Crippen LogP) is 2.15. The van der Waals surface area contributed by atoms with E-state index in [-0.39, 0.29) is 10.6 Å². The highest BCUT2D eigenvalue weighted by Gasteiger charge is 2.08. The zero-order valence-corrected chi connectivity index (χ0v) is 10.4. The minimum Gasteiger partial charge on any atom is -0.327 e. The molecule has 5 nitrogen and oxygen atoms in total. The Balaban J connectivity index is 2.18. The Labute approximate surface area is 113 Å². The third kappa shape index (κ3) is 3.00. The van der Waals surface area contributed by atoms with Crippen LogP contribution in [-0.2, 0) is 0 Å². The summed E-state index contributed by atoms with van der Waals surface area (Å²) in [5.41, 5.74) is 0.849. The lowest BCUT2D eigenvalue weighted by Crippen LogP contribution is -2.15. The van der Waals surface area contributed by atoms with Crippen LogP contribution in [0.15, 0.2) is 41.3 Å². The summed E-state index contributed by atoms with van der Waals surface area (Å²) in [7, 11) is 0. The lowest BCUT2D eigenvalue weighted by atomic mass is 10.2. The fourth-order valence-corrected chi connectivity index (χ4v) is 1.59. The molecule has 1 heterocycles. The molecule has 0 radical (unpaired) electrons. The van der Waals surface area contributed by atoms with Gasteiger partial charge in [0.1, 0.15) is 5.02 Å². The fourth-order valence-electron chi connectivity index (χ4n) is 1.42. The van der Waals surface area contributed by atoms with Gasteiger partial charge in [-0.05, 0) is 30.3 Å². The quantitative estimate of drug-likeness (QED) is 0.879. The Hall–Kier alpha value is -2.58. The molecule has 0 fully saturated rings. The first kappa shape index (κ1) is 12.9. The maximum Gasteiger partial charge on any atom is 0.266 e. The molecule has 1 amide bonds. The standard InChI is InChI=1S/C13H8ClN3O2/c14-11-5-9(7-16-13(11)19)12(18)17-10-3-1-8(6-15)2-4-10/h1-5,7H,(H,16,19)(H,17,18). The highest BCUT2D eigenvalue weighted by molar-refractivity contribution is 6.30. The van der Waals surface area contributed by atoms with Crippen molar-refractivity contribution in [1.29, 1.82) is 5.26 Å². The van der Waals surface area contributed by atoms with E-state index in [9.17, 15) is 9.59 Å².